The Bertz CT molecular complexity index is 947. The lowest BCUT2D eigenvalue weighted by Crippen LogP contribution is -2.42. The Morgan fingerprint density at radius 3 is 1.83 bits per heavy atom. The van der Waals surface area contributed by atoms with Crippen molar-refractivity contribution in [2.45, 2.75) is 25.2 Å². The van der Waals surface area contributed by atoms with Crippen LogP contribution in [0.2, 0.25) is 0 Å². The molecule has 2 atom stereocenters. The van der Waals surface area contributed by atoms with Crippen LogP contribution in [-0.4, -0.2) is 28.1 Å². The van der Waals surface area contributed by atoms with E-state index in [1.807, 2.05) is 91.0 Å². The molecular formula is C25H23NO3. The van der Waals surface area contributed by atoms with E-state index in [9.17, 15) is 9.90 Å². The van der Waals surface area contributed by atoms with Gasteiger partial charge in [0.05, 0.1) is 12.2 Å². The number of carbonyl (C=O) groups is 1. The fraction of sp³-hybridized carbons (Fsp3) is 0.160. The normalized spacial score (nSPS) is 19.5. The van der Waals surface area contributed by atoms with Gasteiger partial charge < -0.3 is 14.7 Å². The van der Waals surface area contributed by atoms with E-state index >= 15 is 0 Å². The zero-order chi connectivity index (χ0) is 20.2. The van der Waals surface area contributed by atoms with E-state index < -0.39 is 12.2 Å². The molecule has 146 valence electrons. The van der Waals surface area contributed by atoms with Crippen molar-refractivity contribution in [3.8, 4) is 0 Å². The van der Waals surface area contributed by atoms with Crippen LogP contribution >= 0.6 is 0 Å². The number of amides is 1. The van der Waals surface area contributed by atoms with Crippen LogP contribution in [0.3, 0.4) is 0 Å². The highest BCUT2D eigenvalue weighted by molar-refractivity contribution is 5.85. The fourth-order valence-corrected chi connectivity index (χ4v) is 3.57. The molecule has 1 heterocycles. The average molecular weight is 385 g/mol. The summed E-state index contributed by atoms with van der Waals surface area (Å²) in [5.74, 6) is 0.168. The Kier molecular flexibility index (Phi) is 5.45. The zero-order valence-corrected chi connectivity index (χ0v) is 16.2. The third-order valence-electron chi connectivity index (χ3n) is 5.09. The summed E-state index contributed by atoms with van der Waals surface area (Å²) >= 11 is 0. The molecule has 1 amide bonds. The highest BCUT2D eigenvalue weighted by Gasteiger charge is 2.36. The van der Waals surface area contributed by atoms with Gasteiger partial charge in [0.25, 0.3) is 5.91 Å². The van der Waals surface area contributed by atoms with Crippen molar-refractivity contribution >= 4 is 11.7 Å². The SMILES string of the molecule is C[C@@H]1OC(c2ccccc2)=CN(C(c2ccccc2)c2ccccc2)C(=O)[C@@H]1O. The molecule has 0 radical (unpaired) electrons. The van der Waals surface area contributed by atoms with Crippen molar-refractivity contribution < 1.29 is 14.6 Å². The largest absolute Gasteiger partial charge is 0.485 e. The molecule has 0 spiro atoms. The standard InChI is InChI=1S/C25H23NO3/c1-18-24(27)25(28)26(17-22(29-18)19-11-5-2-6-12-19)23(20-13-7-3-8-14-20)21-15-9-4-10-16-21/h2-18,23-24,27H,1H3/t18-,24+/m0/s1. The molecular weight excluding hydrogens is 362 g/mol. The van der Waals surface area contributed by atoms with Crippen molar-refractivity contribution in [1.82, 2.24) is 4.90 Å². The van der Waals surface area contributed by atoms with Gasteiger partial charge in [-0.1, -0.05) is 91.0 Å². The van der Waals surface area contributed by atoms with E-state index in [1.165, 1.54) is 0 Å². The predicted molar refractivity (Wildman–Crippen MR) is 113 cm³/mol. The summed E-state index contributed by atoms with van der Waals surface area (Å²) in [4.78, 5) is 14.9. The monoisotopic (exact) mass is 385 g/mol. The van der Waals surface area contributed by atoms with Crippen LogP contribution in [-0.2, 0) is 9.53 Å². The molecule has 1 aliphatic rings. The maximum atomic E-state index is 13.3. The molecule has 1 N–H and O–H groups in total. The minimum Gasteiger partial charge on any atom is -0.485 e. The van der Waals surface area contributed by atoms with Gasteiger partial charge in [-0.15, -0.1) is 0 Å². The van der Waals surface area contributed by atoms with Crippen molar-refractivity contribution in [2.24, 2.45) is 0 Å². The number of benzene rings is 3. The molecule has 3 aromatic rings. The Labute approximate surface area is 170 Å². The third kappa shape index (κ3) is 3.93. The first-order valence-electron chi connectivity index (χ1n) is 9.69. The number of ether oxygens (including phenoxy) is 1. The summed E-state index contributed by atoms with van der Waals surface area (Å²) in [5.41, 5.74) is 2.76. The number of aliphatic hydroxyl groups excluding tert-OH is 1. The Morgan fingerprint density at radius 2 is 1.31 bits per heavy atom. The quantitative estimate of drug-likeness (QED) is 0.725. The first-order chi connectivity index (χ1) is 14.1. The van der Waals surface area contributed by atoms with Crippen molar-refractivity contribution in [3.05, 3.63) is 114 Å². The minimum atomic E-state index is -1.26. The lowest BCUT2D eigenvalue weighted by molar-refractivity contribution is -0.142. The second kappa shape index (κ2) is 8.33. The molecule has 0 aliphatic carbocycles. The number of nitrogens with zero attached hydrogens (tertiary/aromatic N) is 1. The van der Waals surface area contributed by atoms with Gasteiger partial charge in [-0.3, -0.25) is 4.79 Å². The molecule has 0 aromatic heterocycles. The van der Waals surface area contributed by atoms with E-state index in [2.05, 4.69) is 0 Å². The van der Waals surface area contributed by atoms with Gasteiger partial charge in [-0.25, -0.2) is 0 Å². The Balaban J connectivity index is 1.87. The molecule has 3 aromatic carbocycles. The number of carbonyl (C=O) groups excluding carboxylic acids is 1. The number of rotatable bonds is 4. The lowest BCUT2D eigenvalue weighted by atomic mass is 9.96. The summed E-state index contributed by atoms with van der Waals surface area (Å²) in [5, 5.41) is 10.7. The number of hydrogen-bond acceptors (Lipinski definition) is 3. The highest BCUT2D eigenvalue weighted by atomic mass is 16.5. The maximum absolute atomic E-state index is 13.3. The van der Waals surface area contributed by atoms with Crippen LogP contribution in [0.5, 0.6) is 0 Å². The fourth-order valence-electron chi connectivity index (χ4n) is 3.57. The van der Waals surface area contributed by atoms with Gasteiger partial charge in [-0.2, -0.15) is 0 Å². The summed E-state index contributed by atoms with van der Waals surface area (Å²) in [6.45, 7) is 1.71. The summed E-state index contributed by atoms with van der Waals surface area (Å²) in [6, 6.07) is 28.9. The smallest absolute Gasteiger partial charge is 0.260 e. The van der Waals surface area contributed by atoms with E-state index in [0.717, 1.165) is 16.7 Å². The second-order valence-corrected chi connectivity index (χ2v) is 7.10. The van der Waals surface area contributed by atoms with Gasteiger partial charge in [0, 0.05) is 5.56 Å². The molecule has 0 saturated carbocycles. The predicted octanol–water partition coefficient (Wildman–Crippen LogP) is 4.38. The van der Waals surface area contributed by atoms with E-state index in [4.69, 9.17) is 4.74 Å². The second-order valence-electron chi connectivity index (χ2n) is 7.10. The summed E-state index contributed by atoms with van der Waals surface area (Å²) in [7, 11) is 0. The summed E-state index contributed by atoms with van der Waals surface area (Å²) < 4.78 is 5.98. The van der Waals surface area contributed by atoms with E-state index in [1.54, 1.807) is 18.0 Å². The number of hydrogen-bond donors (Lipinski definition) is 1. The van der Waals surface area contributed by atoms with E-state index in [-0.39, 0.29) is 11.9 Å². The van der Waals surface area contributed by atoms with E-state index in [0.29, 0.717) is 5.76 Å². The summed E-state index contributed by atoms with van der Waals surface area (Å²) in [6.07, 6.45) is -0.205. The van der Waals surface area contributed by atoms with Crippen LogP contribution in [0.25, 0.3) is 5.76 Å². The lowest BCUT2D eigenvalue weighted by Gasteiger charge is -2.30. The van der Waals surface area contributed by atoms with Gasteiger partial charge >= 0.3 is 0 Å². The molecule has 0 bridgehead atoms. The molecule has 0 fully saturated rings. The van der Waals surface area contributed by atoms with Gasteiger partial charge in [0.1, 0.15) is 11.9 Å². The molecule has 29 heavy (non-hydrogen) atoms. The maximum Gasteiger partial charge on any atom is 0.260 e. The van der Waals surface area contributed by atoms with Crippen LogP contribution in [0.15, 0.2) is 97.2 Å². The van der Waals surface area contributed by atoms with Gasteiger partial charge in [0.2, 0.25) is 0 Å². The molecule has 0 unspecified atom stereocenters. The molecule has 4 heteroatoms. The van der Waals surface area contributed by atoms with Crippen molar-refractivity contribution in [1.29, 1.82) is 0 Å². The molecule has 4 nitrogen and oxygen atoms in total. The third-order valence-corrected chi connectivity index (χ3v) is 5.09. The first kappa shape index (κ1) is 19.0. The van der Waals surface area contributed by atoms with Gasteiger partial charge in [0.15, 0.2) is 6.10 Å². The highest BCUT2D eigenvalue weighted by Crippen LogP contribution is 2.34. The van der Waals surface area contributed by atoms with Crippen LogP contribution in [0.1, 0.15) is 29.7 Å². The van der Waals surface area contributed by atoms with Crippen molar-refractivity contribution in [3.63, 3.8) is 0 Å². The zero-order valence-electron chi connectivity index (χ0n) is 16.2. The van der Waals surface area contributed by atoms with Crippen LogP contribution in [0.4, 0.5) is 0 Å². The number of aliphatic hydroxyl groups is 1. The van der Waals surface area contributed by atoms with Crippen LogP contribution < -0.4 is 0 Å². The minimum absolute atomic E-state index is 0.382. The van der Waals surface area contributed by atoms with Gasteiger partial charge in [-0.05, 0) is 18.1 Å². The molecule has 1 aliphatic heterocycles. The molecule has 0 saturated heterocycles. The van der Waals surface area contributed by atoms with Crippen molar-refractivity contribution in [2.75, 3.05) is 0 Å². The first-order valence-corrected chi connectivity index (χ1v) is 9.69. The topological polar surface area (TPSA) is 49.8 Å². The average Bonchev–Trinajstić information content (AvgIpc) is 2.88. The Hall–Kier alpha value is -3.37. The Morgan fingerprint density at radius 1 is 0.828 bits per heavy atom. The van der Waals surface area contributed by atoms with Crippen LogP contribution in [0, 0.1) is 0 Å². The molecule has 4 rings (SSSR count).